The van der Waals surface area contributed by atoms with Crippen LogP contribution in [0, 0.1) is 0 Å². The minimum Gasteiger partial charge on any atom is -0.477 e. The molecule has 72 valence electrons. The highest BCUT2D eigenvalue weighted by atomic mass is 16.7. The van der Waals surface area contributed by atoms with Gasteiger partial charge < -0.3 is 14.6 Å². The van der Waals surface area contributed by atoms with Gasteiger partial charge in [-0.25, -0.2) is 4.79 Å². The number of methoxy groups -OCH3 is 1. The Kier molecular flexibility index (Phi) is 2.86. The second-order valence-corrected chi connectivity index (χ2v) is 2.35. The summed E-state index contributed by atoms with van der Waals surface area (Å²) in [6.45, 7) is 0.0517. The van der Waals surface area contributed by atoms with Crippen LogP contribution in [0.1, 0.15) is 10.5 Å². The summed E-state index contributed by atoms with van der Waals surface area (Å²) in [6.07, 6.45) is 0. The van der Waals surface area contributed by atoms with Crippen LogP contribution >= 0.6 is 0 Å². The highest BCUT2D eigenvalue weighted by molar-refractivity contribution is 5.85. The molecule has 1 rings (SSSR count). The third kappa shape index (κ3) is 2.19. The fraction of sp³-hybridized carbons (Fsp3) is 0.429. The SMILES string of the molecule is COCOc1cc(C(=O)O)n(C)n1. The Morgan fingerprint density at radius 1 is 1.77 bits per heavy atom. The summed E-state index contributed by atoms with van der Waals surface area (Å²) in [4.78, 5) is 10.6. The van der Waals surface area contributed by atoms with Crippen molar-refractivity contribution in [2.24, 2.45) is 7.05 Å². The molecule has 0 bridgehead atoms. The molecule has 1 aromatic heterocycles. The topological polar surface area (TPSA) is 73.6 Å². The van der Waals surface area contributed by atoms with Crippen molar-refractivity contribution in [3.05, 3.63) is 11.8 Å². The van der Waals surface area contributed by atoms with Crippen molar-refractivity contribution in [2.45, 2.75) is 0 Å². The number of ether oxygens (including phenoxy) is 2. The molecule has 6 heteroatoms. The predicted molar refractivity (Wildman–Crippen MR) is 42.7 cm³/mol. The smallest absolute Gasteiger partial charge is 0.354 e. The van der Waals surface area contributed by atoms with Gasteiger partial charge in [0.1, 0.15) is 5.69 Å². The Morgan fingerprint density at radius 2 is 2.46 bits per heavy atom. The second kappa shape index (κ2) is 3.90. The molecule has 0 aliphatic rings. The van der Waals surface area contributed by atoms with Gasteiger partial charge in [0.05, 0.1) is 0 Å². The summed E-state index contributed by atoms with van der Waals surface area (Å²) >= 11 is 0. The molecule has 0 unspecified atom stereocenters. The molecule has 0 atom stereocenters. The van der Waals surface area contributed by atoms with E-state index in [0.717, 1.165) is 0 Å². The van der Waals surface area contributed by atoms with Crippen molar-refractivity contribution in [3.8, 4) is 5.88 Å². The van der Waals surface area contributed by atoms with Crippen molar-refractivity contribution in [1.82, 2.24) is 9.78 Å². The van der Waals surface area contributed by atoms with E-state index < -0.39 is 5.97 Å². The van der Waals surface area contributed by atoms with Gasteiger partial charge in [-0.3, -0.25) is 4.68 Å². The highest BCUT2D eigenvalue weighted by Gasteiger charge is 2.11. The van der Waals surface area contributed by atoms with Gasteiger partial charge in [-0.05, 0) is 0 Å². The maximum Gasteiger partial charge on any atom is 0.354 e. The van der Waals surface area contributed by atoms with Gasteiger partial charge in [0.25, 0.3) is 0 Å². The molecule has 0 amide bonds. The number of carboxylic acid groups (broad SMARTS) is 1. The lowest BCUT2D eigenvalue weighted by atomic mass is 10.4. The Bertz CT molecular complexity index is 307. The van der Waals surface area contributed by atoms with E-state index in [2.05, 4.69) is 9.84 Å². The lowest BCUT2D eigenvalue weighted by Crippen LogP contribution is -2.04. The average molecular weight is 186 g/mol. The number of carbonyl (C=O) groups is 1. The van der Waals surface area contributed by atoms with Crippen LogP contribution in [-0.2, 0) is 11.8 Å². The maximum absolute atomic E-state index is 10.6. The van der Waals surface area contributed by atoms with Crippen LogP contribution in [0.2, 0.25) is 0 Å². The number of aromatic nitrogens is 2. The zero-order valence-corrected chi connectivity index (χ0v) is 7.35. The molecule has 0 aliphatic heterocycles. The van der Waals surface area contributed by atoms with Crippen molar-refractivity contribution < 1.29 is 19.4 Å². The van der Waals surface area contributed by atoms with Gasteiger partial charge in [-0.15, -0.1) is 5.10 Å². The number of aryl methyl sites for hydroxylation is 1. The summed E-state index contributed by atoms with van der Waals surface area (Å²) in [5.41, 5.74) is 0.0751. The largest absolute Gasteiger partial charge is 0.477 e. The Labute approximate surface area is 74.7 Å². The van der Waals surface area contributed by atoms with Gasteiger partial charge in [-0.1, -0.05) is 0 Å². The monoisotopic (exact) mass is 186 g/mol. The van der Waals surface area contributed by atoms with Crippen LogP contribution < -0.4 is 4.74 Å². The minimum absolute atomic E-state index is 0.0517. The summed E-state index contributed by atoms with van der Waals surface area (Å²) in [5.74, 6) is -0.802. The first-order chi connectivity index (χ1) is 6.15. The third-order valence-corrected chi connectivity index (χ3v) is 1.40. The van der Waals surface area contributed by atoms with Crippen molar-refractivity contribution in [1.29, 1.82) is 0 Å². The molecule has 1 N–H and O–H groups in total. The fourth-order valence-corrected chi connectivity index (χ4v) is 0.831. The third-order valence-electron chi connectivity index (χ3n) is 1.40. The predicted octanol–water partition coefficient (Wildman–Crippen LogP) is 0.101. The summed E-state index contributed by atoms with van der Waals surface area (Å²) in [5, 5.41) is 12.5. The number of hydrogen-bond acceptors (Lipinski definition) is 4. The van der Waals surface area contributed by atoms with Crippen LogP contribution in [-0.4, -0.2) is 34.8 Å². The lowest BCUT2D eigenvalue weighted by Gasteiger charge is -1.97. The molecular weight excluding hydrogens is 176 g/mol. The minimum atomic E-state index is -1.04. The number of carboxylic acids is 1. The molecule has 0 saturated carbocycles. The Hall–Kier alpha value is -1.56. The van der Waals surface area contributed by atoms with Gasteiger partial charge in [0, 0.05) is 20.2 Å². The molecule has 1 aromatic rings. The fourth-order valence-electron chi connectivity index (χ4n) is 0.831. The quantitative estimate of drug-likeness (QED) is 0.675. The van der Waals surface area contributed by atoms with Gasteiger partial charge >= 0.3 is 5.97 Å². The first kappa shape index (κ1) is 9.53. The van der Waals surface area contributed by atoms with Crippen molar-refractivity contribution >= 4 is 5.97 Å². The van der Waals surface area contributed by atoms with Crippen LogP contribution in [0.25, 0.3) is 0 Å². The molecule has 6 nitrogen and oxygen atoms in total. The number of rotatable bonds is 4. The van der Waals surface area contributed by atoms with E-state index in [4.69, 9.17) is 9.84 Å². The Morgan fingerprint density at radius 3 is 2.92 bits per heavy atom. The summed E-state index contributed by atoms with van der Waals surface area (Å²) in [7, 11) is 3.00. The second-order valence-electron chi connectivity index (χ2n) is 2.35. The van der Waals surface area contributed by atoms with E-state index in [1.165, 1.54) is 24.9 Å². The maximum atomic E-state index is 10.6. The number of aromatic carboxylic acids is 1. The van der Waals surface area contributed by atoms with Crippen LogP contribution in [0.5, 0.6) is 5.88 Å². The molecule has 0 saturated heterocycles. The molecule has 13 heavy (non-hydrogen) atoms. The van der Waals surface area contributed by atoms with E-state index >= 15 is 0 Å². The van der Waals surface area contributed by atoms with Gasteiger partial charge in [-0.2, -0.15) is 0 Å². The summed E-state index contributed by atoms with van der Waals surface area (Å²) < 4.78 is 10.8. The molecular formula is C7H10N2O4. The van der Waals surface area contributed by atoms with E-state index in [1.807, 2.05) is 0 Å². The molecule has 0 aliphatic carbocycles. The zero-order valence-electron chi connectivity index (χ0n) is 7.35. The van der Waals surface area contributed by atoms with Gasteiger partial charge in [0.15, 0.2) is 6.79 Å². The summed E-state index contributed by atoms with van der Waals surface area (Å²) in [6, 6.07) is 1.33. The first-order valence-corrected chi connectivity index (χ1v) is 3.54. The van der Waals surface area contributed by atoms with E-state index in [1.54, 1.807) is 0 Å². The van der Waals surface area contributed by atoms with Crippen LogP contribution in [0.4, 0.5) is 0 Å². The van der Waals surface area contributed by atoms with Gasteiger partial charge in [0.2, 0.25) is 5.88 Å². The van der Waals surface area contributed by atoms with Crippen molar-refractivity contribution in [2.75, 3.05) is 13.9 Å². The van der Waals surface area contributed by atoms with E-state index in [9.17, 15) is 4.79 Å². The normalized spacial score (nSPS) is 10.0. The average Bonchev–Trinajstić information content (AvgIpc) is 2.43. The highest BCUT2D eigenvalue weighted by Crippen LogP contribution is 2.10. The number of hydrogen-bond donors (Lipinski definition) is 1. The number of nitrogens with zero attached hydrogens (tertiary/aromatic N) is 2. The van der Waals surface area contributed by atoms with Crippen LogP contribution in [0.15, 0.2) is 6.07 Å². The Balaban J connectivity index is 2.76. The molecule has 0 fully saturated rings. The standard InChI is InChI=1S/C7H10N2O4/c1-9-5(7(10)11)3-6(8-9)13-4-12-2/h3H,4H2,1-2H3,(H,10,11). The zero-order chi connectivity index (χ0) is 9.84. The molecule has 0 aromatic carbocycles. The lowest BCUT2D eigenvalue weighted by molar-refractivity contribution is 0.0474. The van der Waals surface area contributed by atoms with Crippen molar-refractivity contribution in [3.63, 3.8) is 0 Å². The molecule has 0 radical (unpaired) electrons. The first-order valence-electron chi connectivity index (χ1n) is 3.54. The molecule has 1 heterocycles. The van der Waals surface area contributed by atoms with E-state index in [-0.39, 0.29) is 18.4 Å². The van der Waals surface area contributed by atoms with E-state index in [0.29, 0.717) is 0 Å². The molecule has 0 spiro atoms. The van der Waals surface area contributed by atoms with Crippen LogP contribution in [0.3, 0.4) is 0 Å².